The molecule has 1 aromatic rings. The minimum atomic E-state index is -0.552. The number of carbonyl (C=O) groups excluding carboxylic acids is 1. The minimum Gasteiger partial charge on any atom is -0.497 e. The van der Waals surface area contributed by atoms with Gasteiger partial charge in [-0.05, 0) is 30.2 Å². The molecule has 0 amide bonds. The highest BCUT2D eigenvalue weighted by Gasteiger charge is 2.10. The Balaban J connectivity index is 2.19. The number of benzene rings is 1. The average molecular weight is 372 g/mol. The molecule has 0 atom stereocenters. The van der Waals surface area contributed by atoms with Crippen molar-refractivity contribution in [2.24, 2.45) is 0 Å². The zero-order valence-corrected chi connectivity index (χ0v) is 16.8. The molecule has 0 N–H and O–H groups in total. The quantitative estimate of drug-likeness (QED) is 0.172. The molecule has 148 valence electrons. The number of hydrogen-bond acceptors (Lipinski definition) is 4. The zero-order valence-electron chi connectivity index (χ0n) is 16.8. The van der Waals surface area contributed by atoms with Crippen LogP contribution in [0.2, 0.25) is 0 Å². The number of hydrogen-bond donors (Lipinski definition) is 0. The van der Waals surface area contributed by atoms with Gasteiger partial charge in [0.05, 0.1) is 13.7 Å². The molecule has 0 fully saturated rings. The van der Waals surface area contributed by atoms with E-state index in [0.717, 1.165) is 24.2 Å². The highest BCUT2D eigenvalue weighted by atomic mass is 16.5. The lowest BCUT2D eigenvalue weighted by Gasteiger charge is -2.05. The first-order valence-electron chi connectivity index (χ1n) is 10.1. The summed E-state index contributed by atoms with van der Waals surface area (Å²) >= 11 is 0. The molecule has 0 aliphatic carbocycles. The lowest BCUT2D eigenvalue weighted by atomic mass is 10.1. The summed E-state index contributed by atoms with van der Waals surface area (Å²) in [4.78, 5) is 12.0. The van der Waals surface area contributed by atoms with Gasteiger partial charge < -0.3 is 9.47 Å². The molecule has 1 aromatic carbocycles. The number of ether oxygens (including phenoxy) is 2. The second-order valence-corrected chi connectivity index (χ2v) is 6.76. The van der Waals surface area contributed by atoms with Gasteiger partial charge in [0, 0.05) is 0 Å². The topological polar surface area (TPSA) is 59.3 Å². The predicted octanol–water partition coefficient (Wildman–Crippen LogP) is 6.07. The highest BCUT2D eigenvalue weighted by Crippen LogP contribution is 2.15. The van der Waals surface area contributed by atoms with Crippen molar-refractivity contribution in [1.82, 2.24) is 0 Å². The molecule has 0 radical (unpaired) electrons. The van der Waals surface area contributed by atoms with Crippen LogP contribution in [0, 0.1) is 11.3 Å². The summed E-state index contributed by atoms with van der Waals surface area (Å²) in [6, 6.07) is 9.09. The standard InChI is InChI=1S/C23H33NO3/c1-3-4-5-6-7-8-9-10-11-12-17-27-23(25)21(19-24)18-20-13-15-22(26-2)16-14-20/h13-16,18H,3-12,17H2,1-2H3/b21-18+. The number of nitrogens with zero attached hydrogens (tertiary/aromatic N) is 1. The maximum absolute atomic E-state index is 12.0. The van der Waals surface area contributed by atoms with Gasteiger partial charge >= 0.3 is 5.97 Å². The number of unbranched alkanes of at least 4 members (excludes halogenated alkanes) is 9. The Hall–Kier alpha value is -2.28. The SMILES string of the molecule is CCCCCCCCCCCCOC(=O)/C(C#N)=C/c1ccc(OC)cc1. The molecule has 0 aliphatic heterocycles. The van der Waals surface area contributed by atoms with E-state index in [1.807, 2.05) is 6.07 Å². The Morgan fingerprint density at radius 1 is 0.963 bits per heavy atom. The maximum atomic E-state index is 12.0. The van der Waals surface area contributed by atoms with Crippen molar-refractivity contribution in [3.8, 4) is 11.8 Å². The lowest BCUT2D eigenvalue weighted by Crippen LogP contribution is -2.08. The number of carbonyl (C=O) groups is 1. The van der Waals surface area contributed by atoms with Gasteiger partial charge in [0.2, 0.25) is 0 Å². The van der Waals surface area contributed by atoms with Crippen LogP contribution in [-0.4, -0.2) is 19.7 Å². The van der Waals surface area contributed by atoms with E-state index in [4.69, 9.17) is 9.47 Å². The van der Waals surface area contributed by atoms with Gasteiger partial charge in [-0.2, -0.15) is 5.26 Å². The molecule has 4 nitrogen and oxygen atoms in total. The van der Waals surface area contributed by atoms with Crippen molar-refractivity contribution >= 4 is 12.0 Å². The molecule has 0 unspecified atom stereocenters. The lowest BCUT2D eigenvalue weighted by molar-refractivity contribution is -0.138. The third-order valence-electron chi connectivity index (χ3n) is 4.50. The smallest absolute Gasteiger partial charge is 0.348 e. The molecular weight excluding hydrogens is 338 g/mol. The maximum Gasteiger partial charge on any atom is 0.348 e. The van der Waals surface area contributed by atoms with Gasteiger partial charge in [0.25, 0.3) is 0 Å². The summed E-state index contributed by atoms with van der Waals surface area (Å²) in [6.45, 7) is 2.61. The van der Waals surface area contributed by atoms with Gasteiger partial charge in [0.15, 0.2) is 0 Å². The van der Waals surface area contributed by atoms with Crippen LogP contribution in [0.15, 0.2) is 29.8 Å². The van der Waals surface area contributed by atoms with Gasteiger partial charge in [-0.1, -0.05) is 76.8 Å². The molecular formula is C23H33NO3. The van der Waals surface area contributed by atoms with E-state index in [2.05, 4.69) is 6.92 Å². The summed E-state index contributed by atoms with van der Waals surface area (Å²) in [5, 5.41) is 9.19. The van der Waals surface area contributed by atoms with Gasteiger partial charge in [0.1, 0.15) is 17.4 Å². The van der Waals surface area contributed by atoms with Gasteiger partial charge in [-0.15, -0.1) is 0 Å². The molecule has 0 aromatic heterocycles. The van der Waals surface area contributed by atoms with Crippen LogP contribution in [0.5, 0.6) is 5.75 Å². The van der Waals surface area contributed by atoms with Crippen molar-refractivity contribution in [2.45, 2.75) is 71.1 Å². The van der Waals surface area contributed by atoms with E-state index >= 15 is 0 Å². The van der Waals surface area contributed by atoms with Crippen molar-refractivity contribution < 1.29 is 14.3 Å². The first kappa shape index (κ1) is 22.8. The first-order valence-corrected chi connectivity index (χ1v) is 10.1. The summed E-state index contributed by atoms with van der Waals surface area (Å²) in [5.74, 6) is 0.179. The minimum absolute atomic E-state index is 0.0206. The molecule has 0 heterocycles. The molecule has 0 bridgehead atoms. The van der Waals surface area contributed by atoms with E-state index in [1.165, 1.54) is 51.4 Å². The van der Waals surface area contributed by atoms with Crippen LogP contribution in [0.1, 0.15) is 76.7 Å². The molecule has 0 saturated heterocycles. The number of nitriles is 1. The second-order valence-electron chi connectivity index (χ2n) is 6.76. The predicted molar refractivity (Wildman–Crippen MR) is 109 cm³/mol. The Morgan fingerprint density at radius 3 is 2.04 bits per heavy atom. The van der Waals surface area contributed by atoms with Crippen LogP contribution in [-0.2, 0) is 9.53 Å². The van der Waals surface area contributed by atoms with Crippen LogP contribution in [0.25, 0.3) is 6.08 Å². The van der Waals surface area contributed by atoms with Gasteiger partial charge in [-0.25, -0.2) is 4.79 Å². The second kappa shape index (κ2) is 14.8. The van der Waals surface area contributed by atoms with Crippen LogP contribution in [0.3, 0.4) is 0 Å². The van der Waals surface area contributed by atoms with Crippen molar-refractivity contribution in [3.63, 3.8) is 0 Å². The summed E-state index contributed by atoms with van der Waals surface area (Å²) in [5.41, 5.74) is 0.787. The molecule has 0 aliphatic rings. The van der Waals surface area contributed by atoms with E-state index in [9.17, 15) is 10.1 Å². The third kappa shape index (κ3) is 10.5. The first-order chi connectivity index (χ1) is 13.2. The normalized spacial score (nSPS) is 11.1. The molecule has 0 saturated carbocycles. The average Bonchev–Trinajstić information content (AvgIpc) is 2.70. The van der Waals surface area contributed by atoms with E-state index in [1.54, 1.807) is 37.5 Å². The summed E-state index contributed by atoms with van der Waals surface area (Å²) < 4.78 is 10.3. The summed E-state index contributed by atoms with van der Waals surface area (Å²) in [7, 11) is 1.59. The van der Waals surface area contributed by atoms with Crippen molar-refractivity contribution in [1.29, 1.82) is 5.26 Å². The third-order valence-corrected chi connectivity index (χ3v) is 4.50. The summed E-state index contributed by atoms with van der Waals surface area (Å²) in [6.07, 6.45) is 13.9. The fourth-order valence-electron chi connectivity index (χ4n) is 2.84. The van der Waals surface area contributed by atoms with Crippen molar-refractivity contribution in [2.75, 3.05) is 13.7 Å². The number of rotatable bonds is 14. The van der Waals surface area contributed by atoms with Crippen LogP contribution in [0.4, 0.5) is 0 Å². The number of methoxy groups -OCH3 is 1. The molecule has 1 rings (SSSR count). The Bertz CT molecular complexity index is 599. The molecule has 0 spiro atoms. The monoisotopic (exact) mass is 371 g/mol. The molecule has 27 heavy (non-hydrogen) atoms. The van der Waals surface area contributed by atoms with Crippen LogP contribution < -0.4 is 4.74 Å². The largest absolute Gasteiger partial charge is 0.497 e. The Labute approximate surface area is 164 Å². The fraction of sp³-hybridized carbons (Fsp3) is 0.565. The highest BCUT2D eigenvalue weighted by molar-refractivity contribution is 5.97. The van der Waals surface area contributed by atoms with E-state index in [-0.39, 0.29) is 5.57 Å². The Kier molecular flexibility index (Phi) is 12.5. The van der Waals surface area contributed by atoms with E-state index < -0.39 is 5.97 Å². The van der Waals surface area contributed by atoms with E-state index in [0.29, 0.717) is 6.61 Å². The van der Waals surface area contributed by atoms with Gasteiger partial charge in [-0.3, -0.25) is 0 Å². The fourth-order valence-corrected chi connectivity index (χ4v) is 2.84. The Morgan fingerprint density at radius 2 is 1.52 bits per heavy atom. The zero-order chi connectivity index (χ0) is 19.7. The molecule has 4 heteroatoms. The van der Waals surface area contributed by atoms with Crippen molar-refractivity contribution in [3.05, 3.63) is 35.4 Å². The number of esters is 1. The van der Waals surface area contributed by atoms with Crippen LogP contribution >= 0.6 is 0 Å².